The van der Waals surface area contributed by atoms with Crippen molar-refractivity contribution in [3.63, 3.8) is 0 Å². The van der Waals surface area contributed by atoms with E-state index in [0.717, 1.165) is 10.8 Å². The summed E-state index contributed by atoms with van der Waals surface area (Å²) in [5, 5.41) is 21.3. The summed E-state index contributed by atoms with van der Waals surface area (Å²) in [6, 6.07) is 12.6. The SMILES string of the molecule is C=CCN(C(=O)[C@H]1N(CCCCO)C(=O)[C@@H]2[C@@H](C(=O)O)[C@@H]3O[C@@]21CC3Br)c1ccc2ccccc2c1. The Morgan fingerprint density at radius 2 is 1.97 bits per heavy atom. The molecule has 3 aliphatic heterocycles. The predicted octanol–water partition coefficient (Wildman–Crippen LogP) is 2.96. The number of hydrogen-bond donors (Lipinski definition) is 2. The highest BCUT2D eigenvalue weighted by molar-refractivity contribution is 9.09. The molecular weight excluding hydrogens is 528 g/mol. The number of hydrogen-bond acceptors (Lipinski definition) is 5. The molecule has 0 aromatic heterocycles. The molecule has 2 amide bonds. The summed E-state index contributed by atoms with van der Waals surface area (Å²) in [4.78, 5) is 43.1. The van der Waals surface area contributed by atoms with Crippen LogP contribution in [-0.2, 0) is 19.1 Å². The Balaban J connectivity index is 1.58. The molecule has 190 valence electrons. The maximum atomic E-state index is 14.4. The van der Waals surface area contributed by atoms with E-state index in [2.05, 4.69) is 22.5 Å². The minimum absolute atomic E-state index is 0.0330. The molecule has 36 heavy (non-hydrogen) atoms. The molecule has 3 fully saturated rings. The number of carboxylic acid groups (broad SMARTS) is 1. The Bertz CT molecular complexity index is 1220. The Kier molecular flexibility index (Phi) is 6.65. The number of likely N-dealkylation sites (tertiary alicyclic amines) is 1. The van der Waals surface area contributed by atoms with E-state index in [1.54, 1.807) is 11.0 Å². The topological polar surface area (TPSA) is 107 Å². The van der Waals surface area contributed by atoms with Crippen molar-refractivity contribution in [2.45, 2.75) is 41.8 Å². The van der Waals surface area contributed by atoms with Crippen molar-refractivity contribution < 1.29 is 29.3 Å². The lowest BCUT2D eigenvalue weighted by Gasteiger charge is -2.37. The van der Waals surface area contributed by atoms with Crippen LogP contribution in [0.2, 0.25) is 0 Å². The van der Waals surface area contributed by atoms with Crippen LogP contribution in [0.1, 0.15) is 19.3 Å². The van der Waals surface area contributed by atoms with Crippen LogP contribution < -0.4 is 4.90 Å². The molecule has 0 radical (unpaired) electrons. The van der Waals surface area contributed by atoms with Crippen LogP contribution in [0.4, 0.5) is 5.69 Å². The van der Waals surface area contributed by atoms with E-state index >= 15 is 0 Å². The smallest absolute Gasteiger partial charge is 0.310 e. The highest BCUT2D eigenvalue weighted by Gasteiger charge is 2.76. The number of carboxylic acids is 1. The maximum Gasteiger partial charge on any atom is 0.310 e. The number of aliphatic hydroxyl groups is 1. The van der Waals surface area contributed by atoms with Gasteiger partial charge in [-0.2, -0.15) is 0 Å². The van der Waals surface area contributed by atoms with Crippen LogP contribution in [0.5, 0.6) is 0 Å². The molecule has 8 nitrogen and oxygen atoms in total. The molecule has 2 aromatic rings. The molecular formula is C27H29BrN2O6. The number of unbranched alkanes of at least 4 members (excludes halogenated alkanes) is 1. The molecule has 1 spiro atoms. The molecule has 0 saturated carbocycles. The van der Waals surface area contributed by atoms with Gasteiger partial charge in [-0.1, -0.05) is 52.3 Å². The van der Waals surface area contributed by atoms with Gasteiger partial charge in [-0.25, -0.2) is 0 Å². The fourth-order valence-corrected chi connectivity index (χ4v) is 7.21. The lowest BCUT2D eigenvalue weighted by molar-refractivity contribution is -0.149. The minimum atomic E-state index is -1.23. The monoisotopic (exact) mass is 556 g/mol. The third-order valence-corrected chi connectivity index (χ3v) is 8.58. The molecule has 2 N–H and O–H groups in total. The van der Waals surface area contributed by atoms with Crippen LogP contribution in [0.25, 0.3) is 10.8 Å². The number of fused-ring (bicyclic) bond motifs is 2. The predicted molar refractivity (Wildman–Crippen MR) is 138 cm³/mol. The second kappa shape index (κ2) is 9.61. The first-order valence-electron chi connectivity index (χ1n) is 12.2. The Morgan fingerprint density at radius 3 is 2.67 bits per heavy atom. The van der Waals surface area contributed by atoms with E-state index in [9.17, 15) is 24.6 Å². The molecule has 6 atom stereocenters. The normalized spacial score (nSPS) is 30.6. The number of ether oxygens (including phenoxy) is 1. The zero-order valence-electron chi connectivity index (χ0n) is 19.8. The van der Waals surface area contributed by atoms with Crippen LogP contribution in [0.15, 0.2) is 55.1 Å². The number of anilines is 1. The quantitative estimate of drug-likeness (QED) is 0.279. The first-order valence-corrected chi connectivity index (χ1v) is 13.1. The third kappa shape index (κ3) is 3.76. The van der Waals surface area contributed by atoms with Crippen molar-refractivity contribution in [2.24, 2.45) is 11.8 Å². The zero-order valence-corrected chi connectivity index (χ0v) is 21.3. The molecule has 9 heteroatoms. The Hall–Kier alpha value is -2.75. The lowest BCUT2D eigenvalue weighted by atomic mass is 9.70. The van der Waals surface area contributed by atoms with Crippen LogP contribution in [0, 0.1) is 11.8 Å². The van der Waals surface area contributed by atoms with Gasteiger partial charge in [0.05, 0.1) is 17.9 Å². The van der Waals surface area contributed by atoms with Crippen LogP contribution in [0.3, 0.4) is 0 Å². The van der Waals surface area contributed by atoms with E-state index in [0.29, 0.717) is 24.9 Å². The van der Waals surface area contributed by atoms with Gasteiger partial charge in [-0.3, -0.25) is 14.4 Å². The van der Waals surface area contributed by atoms with Gasteiger partial charge in [0.25, 0.3) is 5.91 Å². The average molecular weight is 557 g/mol. The number of aliphatic carboxylic acids is 1. The third-order valence-electron chi connectivity index (χ3n) is 7.74. The zero-order chi connectivity index (χ0) is 25.6. The van der Waals surface area contributed by atoms with E-state index in [4.69, 9.17) is 4.74 Å². The van der Waals surface area contributed by atoms with E-state index < -0.39 is 35.6 Å². The van der Waals surface area contributed by atoms with Gasteiger partial charge in [0.15, 0.2) is 0 Å². The summed E-state index contributed by atoms with van der Waals surface area (Å²) in [5.74, 6) is -3.74. The highest BCUT2D eigenvalue weighted by atomic mass is 79.9. The van der Waals surface area contributed by atoms with Gasteiger partial charge in [-0.15, -0.1) is 6.58 Å². The number of alkyl halides is 1. The fourth-order valence-electron chi connectivity index (χ4n) is 6.27. The molecule has 2 bridgehead atoms. The lowest BCUT2D eigenvalue weighted by Crippen LogP contribution is -2.57. The van der Waals surface area contributed by atoms with Crippen molar-refractivity contribution in [1.29, 1.82) is 0 Å². The van der Waals surface area contributed by atoms with Gasteiger partial charge >= 0.3 is 5.97 Å². The minimum Gasteiger partial charge on any atom is -0.481 e. The van der Waals surface area contributed by atoms with Crippen molar-refractivity contribution in [3.8, 4) is 0 Å². The van der Waals surface area contributed by atoms with Crippen LogP contribution >= 0.6 is 15.9 Å². The van der Waals surface area contributed by atoms with Crippen LogP contribution in [-0.4, -0.2) is 75.2 Å². The molecule has 1 unspecified atom stereocenters. The first kappa shape index (κ1) is 24.9. The number of nitrogens with zero attached hydrogens (tertiary/aromatic N) is 2. The van der Waals surface area contributed by atoms with Gasteiger partial charge in [0.2, 0.25) is 5.91 Å². The second-order valence-corrected chi connectivity index (χ2v) is 10.9. The molecule has 0 aliphatic carbocycles. The molecule has 3 aliphatic rings. The summed E-state index contributed by atoms with van der Waals surface area (Å²) in [6.07, 6.45) is 2.28. The number of halogens is 1. The van der Waals surface area contributed by atoms with E-state index in [1.807, 2.05) is 42.5 Å². The summed E-state index contributed by atoms with van der Waals surface area (Å²) >= 11 is 3.56. The van der Waals surface area contributed by atoms with Gasteiger partial charge < -0.3 is 24.7 Å². The van der Waals surface area contributed by atoms with Gasteiger partial charge in [-0.05, 0) is 42.2 Å². The van der Waals surface area contributed by atoms with E-state index in [1.165, 1.54) is 4.90 Å². The molecule has 2 aromatic carbocycles. The Labute approximate surface area is 217 Å². The van der Waals surface area contributed by atoms with Crippen molar-refractivity contribution in [3.05, 3.63) is 55.1 Å². The largest absolute Gasteiger partial charge is 0.481 e. The number of carbonyl (C=O) groups excluding carboxylic acids is 2. The Morgan fingerprint density at radius 1 is 1.22 bits per heavy atom. The number of amides is 2. The summed E-state index contributed by atoms with van der Waals surface area (Å²) in [7, 11) is 0. The number of benzene rings is 2. The second-order valence-electron chi connectivity index (χ2n) is 9.73. The number of carbonyl (C=O) groups is 3. The van der Waals surface area contributed by atoms with Crippen molar-refractivity contribution >= 4 is 50.2 Å². The van der Waals surface area contributed by atoms with Crippen molar-refractivity contribution in [2.75, 3.05) is 24.6 Å². The molecule has 5 rings (SSSR count). The summed E-state index contributed by atoms with van der Waals surface area (Å²) in [5.41, 5.74) is -0.565. The highest BCUT2D eigenvalue weighted by Crippen LogP contribution is 2.60. The fraction of sp³-hybridized carbons (Fsp3) is 0.444. The first-order chi connectivity index (χ1) is 17.3. The maximum absolute atomic E-state index is 14.4. The van der Waals surface area contributed by atoms with E-state index in [-0.39, 0.29) is 36.3 Å². The number of aliphatic hydroxyl groups excluding tert-OH is 1. The summed E-state index contributed by atoms with van der Waals surface area (Å²) < 4.78 is 6.33. The standard InChI is InChI=1S/C27H29BrN2O6/c1-2-11-29(18-10-9-16-7-3-4-8-17(16)14-18)25(33)23-27-15-19(28)22(36-27)20(26(34)35)21(27)24(32)30(23)12-5-6-13-31/h2-4,7-10,14,19-23,31H,1,5-6,11-13,15H2,(H,34,35)/t19?,20-,21+,22-,23-,27+/m1/s1. The van der Waals surface area contributed by atoms with Gasteiger partial charge in [0, 0.05) is 30.2 Å². The molecule has 3 saturated heterocycles. The average Bonchev–Trinajstić information content (AvgIpc) is 3.45. The van der Waals surface area contributed by atoms with Gasteiger partial charge in [0.1, 0.15) is 11.6 Å². The van der Waals surface area contributed by atoms with Crippen molar-refractivity contribution in [1.82, 2.24) is 4.90 Å². The summed E-state index contributed by atoms with van der Waals surface area (Å²) in [6.45, 7) is 4.26. The number of rotatable bonds is 9. The molecule has 3 heterocycles.